The topological polar surface area (TPSA) is 38.3 Å². The summed E-state index contributed by atoms with van der Waals surface area (Å²) in [7, 11) is 1.65. The number of Topliss-reactive ketones (excluding diaryl/α,β-unsaturated/α-hetero) is 1. The molecule has 0 bridgehead atoms. The monoisotopic (exact) mass is 265 g/mol. The highest BCUT2D eigenvalue weighted by Crippen LogP contribution is 2.21. The quantitative estimate of drug-likeness (QED) is 0.901. The van der Waals surface area contributed by atoms with Crippen LogP contribution in [0.2, 0.25) is 0 Å². The number of ketones is 1. The van der Waals surface area contributed by atoms with Crippen LogP contribution in [-0.4, -0.2) is 37.0 Å². The van der Waals surface area contributed by atoms with Gasteiger partial charge in [-0.05, 0) is 13.0 Å². The zero-order valence-corrected chi connectivity index (χ0v) is 11.7. The number of thioether (sulfide) groups is 1. The van der Waals surface area contributed by atoms with Crippen LogP contribution in [0, 0.1) is 6.92 Å². The van der Waals surface area contributed by atoms with Crippen molar-refractivity contribution in [1.82, 2.24) is 5.32 Å². The molecule has 2 rings (SSSR count). The maximum absolute atomic E-state index is 12.2. The number of nitrogens with one attached hydrogen (secondary N) is 1. The molecule has 1 N–H and O–H groups in total. The minimum Gasteiger partial charge on any atom is -0.496 e. The number of hydrogen-bond acceptors (Lipinski definition) is 4. The molecule has 1 aliphatic rings. The van der Waals surface area contributed by atoms with Gasteiger partial charge in [0.05, 0.1) is 13.2 Å². The molecular formula is C14H19NO2S. The smallest absolute Gasteiger partial charge is 0.155 e. The van der Waals surface area contributed by atoms with Crippen LogP contribution in [0.15, 0.2) is 18.2 Å². The van der Waals surface area contributed by atoms with Gasteiger partial charge in [0.1, 0.15) is 5.75 Å². The van der Waals surface area contributed by atoms with Crippen LogP contribution in [0.25, 0.3) is 0 Å². The lowest BCUT2D eigenvalue weighted by molar-refractivity contribution is -0.119. The highest BCUT2D eigenvalue weighted by atomic mass is 32.2. The number of rotatable bonds is 4. The van der Waals surface area contributed by atoms with Crippen molar-refractivity contribution in [2.75, 3.05) is 25.2 Å². The molecule has 1 unspecified atom stereocenters. The van der Waals surface area contributed by atoms with Gasteiger partial charge in [0.2, 0.25) is 0 Å². The van der Waals surface area contributed by atoms with Gasteiger partial charge in [-0.1, -0.05) is 17.7 Å². The van der Waals surface area contributed by atoms with Gasteiger partial charge in [-0.15, -0.1) is 0 Å². The summed E-state index contributed by atoms with van der Waals surface area (Å²) in [6.07, 6.45) is 0.448. The summed E-state index contributed by atoms with van der Waals surface area (Å²) in [4.78, 5) is 12.2. The van der Waals surface area contributed by atoms with Crippen LogP contribution < -0.4 is 10.1 Å². The van der Waals surface area contributed by atoms with E-state index in [1.165, 1.54) is 0 Å². The van der Waals surface area contributed by atoms with E-state index in [4.69, 9.17) is 4.74 Å². The Labute approximate surface area is 112 Å². The zero-order valence-electron chi connectivity index (χ0n) is 10.9. The molecule has 0 saturated carbocycles. The second kappa shape index (κ2) is 6.25. The molecule has 0 spiro atoms. The standard InChI is InChI=1S/C14H19NO2S/c1-10-3-4-14(17-2)11(7-10)8-13(16)12-9-18-6-5-15-12/h3-4,7,12,15H,5-6,8-9H2,1-2H3. The molecule has 0 aliphatic carbocycles. The van der Waals surface area contributed by atoms with E-state index >= 15 is 0 Å². The normalized spacial score (nSPS) is 19.6. The van der Waals surface area contributed by atoms with Crippen LogP contribution in [0.3, 0.4) is 0 Å². The van der Waals surface area contributed by atoms with Crippen molar-refractivity contribution in [3.8, 4) is 5.75 Å². The second-order valence-corrected chi connectivity index (χ2v) is 5.69. The van der Waals surface area contributed by atoms with E-state index in [0.717, 1.165) is 34.9 Å². The Morgan fingerprint density at radius 3 is 3.06 bits per heavy atom. The van der Waals surface area contributed by atoms with Gasteiger partial charge in [-0.25, -0.2) is 0 Å². The Morgan fingerprint density at radius 1 is 1.56 bits per heavy atom. The Hall–Kier alpha value is -1.00. The van der Waals surface area contributed by atoms with Crippen LogP contribution in [0.1, 0.15) is 11.1 Å². The summed E-state index contributed by atoms with van der Waals surface area (Å²) < 4.78 is 5.31. The third-order valence-electron chi connectivity index (χ3n) is 3.11. The number of methoxy groups -OCH3 is 1. The van der Waals surface area contributed by atoms with Crippen molar-refractivity contribution in [1.29, 1.82) is 0 Å². The summed E-state index contributed by atoms with van der Waals surface area (Å²) >= 11 is 1.84. The van der Waals surface area contributed by atoms with Gasteiger partial charge < -0.3 is 10.1 Å². The highest BCUT2D eigenvalue weighted by molar-refractivity contribution is 7.99. The van der Waals surface area contributed by atoms with Gasteiger partial charge in [0, 0.05) is 30.0 Å². The van der Waals surface area contributed by atoms with Gasteiger partial charge in [-0.3, -0.25) is 4.79 Å². The predicted octanol–water partition coefficient (Wildman–Crippen LogP) is 1.82. The minimum atomic E-state index is -0.00558. The first-order valence-corrected chi connectivity index (χ1v) is 7.33. The minimum absolute atomic E-state index is 0.00558. The van der Waals surface area contributed by atoms with E-state index in [-0.39, 0.29) is 11.8 Å². The van der Waals surface area contributed by atoms with Crippen molar-refractivity contribution >= 4 is 17.5 Å². The van der Waals surface area contributed by atoms with Crippen LogP contribution in [0.5, 0.6) is 5.75 Å². The van der Waals surface area contributed by atoms with Crippen molar-refractivity contribution in [2.45, 2.75) is 19.4 Å². The molecule has 1 aromatic rings. The Bertz CT molecular complexity index is 428. The lowest BCUT2D eigenvalue weighted by Crippen LogP contribution is -2.44. The molecule has 0 radical (unpaired) electrons. The number of carbonyl (C=O) groups is 1. The molecule has 98 valence electrons. The molecular weight excluding hydrogens is 246 g/mol. The van der Waals surface area contributed by atoms with Crippen molar-refractivity contribution in [3.63, 3.8) is 0 Å². The first-order chi connectivity index (χ1) is 8.70. The fraction of sp³-hybridized carbons (Fsp3) is 0.500. The molecule has 1 heterocycles. The summed E-state index contributed by atoms with van der Waals surface area (Å²) in [5.41, 5.74) is 2.14. The third kappa shape index (κ3) is 3.27. The fourth-order valence-corrected chi connectivity index (χ4v) is 3.10. The molecule has 3 nitrogen and oxygen atoms in total. The molecule has 0 aromatic heterocycles. The molecule has 4 heteroatoms. The molecule has 1 saturated heterocycles. The summed E-state index contributed by atoms with van der Waals surface area (Å²) in [5.74, 6) is 3.04. The fourth-order valence-electron chi connectivity index (χ4n) is 2.13. The van der Waals surface area contributed by atoms with E-state index in [1.54, 1.807) is 7.11 Å². The van der Waals surface area contributed by atoms with E-state index in [1.807, 2.05) is 36.9 Å². The molecule has 18 heavy (non-hydrogen) atoms. The Balaban J connectivity index is 2.07. The second-order valence-electron chi connectivity index (χ2n) is 4.54. The predicted molar refractivity (Wildman–Crippen MR) is 75.6 cm³/mol. The van der Waals surface area contributed by atoms with E-state index < -0.39 is 0 Å². The van der Waals surface area contributed by atoms with E-state index in [2.05, 4.69) is 5.32 Å². The van der Waals surface area contributed by atoms with E-state index in [9.17, 15) is 4.79 Å². The lowest BCUT2D eigenvalue weighted by Gasteiger charge is -2.22. The number of ether oxygens (including phenoxy) is 1. The van der Waals surface area contributed by atoms with Crippen molar-refractivity contribution in [3.05, 3.63) is 29.3 Å². The third-order valence-corrected chi connectivity index (χ3v) is 4.17. The van der Waals surface area contributed by atoms with Crippen LogP contribution in [-0.2, 0) is 11.2 Å². The van der Waals surface area contributed by atoms with Gasteiger partial charge in [0.25, 0.3) is 0 Å². The average molecular weight is 265 g/mol. The SMILES string of the molecule is COc1ccc(C)cc1CC(=O)C1CSCCN1. The number of hydrogen-bond donors (Lipinski definition) is 1. The maximum Gasteiger partial charge on any atom is 0.155 e. The first kappa shape index (κ1) is 13.4. The van der Waals surface area contributed by atoms with Gasteiger partial charge in [0.15, 0.2) is 5.78 Å². The largest absolute Gasteiger partial charge is 0.496 e. The van der Waals surface area contributed by atoms with Crippen LogP contribution >= 0.6 is 11.8 Å². The maximum atomic E-state index is 12.2. The molecule has 1 fully saturated rings. The summed E-state index contributed by atoms with van der Waals surface area (Å²) in [5, 5.41) is 3.28. The molecule has 1 atom stereocenters. The Morgan fingerprint density at radius 2 is 2.39 bits per heavy atom. The summed E-state index contributed by atoms with van der Waals surface area (Å²) in [6, 6.07) is 5.96. The van der Waals surface area contributed by atoms with Gasteiger partial charge in [-0.2, -0.15) is 11.8 Å². The lowest BCUT2D eigenvalue weighted by atomic mass is 10.0. The van der Waals surface area contributed by atoms with Crippen LogP contribution in [0.4, 0.5) is 0 Å². The van der Waals surface area contributed by atoms with E-state index in [0.29, 0.717) is 6.42 Å². The number of carbonyl (C=O) groups excluding carboxylic acids is 1. The average Bonchev–Trinajstić information content (AvgIpc) is 2.40. The van der Waals surface area contributed by atoms with Crippen molar-refractivity contribution in [2.24, 2.45) is 0 Å². The number of aryl methyl sites for hydroxylation is 1. The molecule has 1 aromatic carbocycles. The zero-order chi connectivity index (χ0) is 13.0. The molecule has 0 amide bonds. The first-order valence-electron chi connectivity index (χ1n) is 6.18. The van der Waals surface area contributed by atoms with Gasteiger partial charge >= 0.3 is 0 Å². The number of benzene rings is 1. The highest BCUT2D eigenvalue weighted by Gasteiger charge is 2.21. The molecule has 1 aliphatic heterocycles. The van der Waals surface area contributed by atoms with Crippen molar-refractivity contribution < 1.29 is 9.53 Å². The summed E-state index contributed by atoms with van der Waals surface area (Å²) in [6.45, 7) is 2.95. The Kier molecular flexibility index (Phi) is 4.66.